The number of benzene rings is 2. The van der Waals surface area contributed by atoms with Gasteiger partial charge in [-0.15, -0.1) is 0 Å². The van der Waals surface area contributed by atoms with Crippen LogP contribution in [0.5, 0.6) is 11.5 Å². The van der Waals surface area contributed by atoms with E-state index >= 15 is 0 Å². The second kappa shape index (κ2) is 8.88. The molecule has 0 amide bonds. The summed E-state index contributed by atoms with van der Waals surface area (Å²) in [6, 6.07) is 13.5. The van der Waals surface area contributed by atoms with Crippen LogP contribution >= 0.6 is 11.6 Å². The molecule has 4 rings (SSSR count). The number of hydrogen-bond donors (Lipinski definition) is 0. The summed E-state index contributed by atoms with van der Waals surface area (Å²) in [6.45, 7) is 6.61. The first kappa shape index (κ1) is 22.2. The lowest BCUT2D eigenvalue weighted by molar-refractivity contribution is 0.132. The van der Waals surface area contributed by atoms with Crippen LogP contribution in [0.15, 0.2) is 42.5 Å². The van der Waals surface area contributed by atoms with E-state index in [1.807, 2.05) is 42.5 Å². The van der Waals surface area contributed by atoms with Gasteiger partial charge in [-0.05, 0) is 38.5 Å². The molecule has 2 aliphatic heterocycles. The molecule has 31 heavy (non-hydrogen) atoms. The largest absolute Gasteiger partial charge is 0.490 e. The van der Waals surface area contributed by atoms with Gasteiger partial charge in [0.15, 0.2) is 11.5 Å². The van der Waals surface area contributed by atoms with E-state index < -0.39 is 10.0 Å². The highest BCUT2D eigenvalue weighted by atomic mass is 35.5. The summed E-state index contributed by atoms with van der Waals surface area (Å²) in [5, 5.41) is 0.690. The third kappa shape index (κ3) is 5.10. The molecule has 8 heteroatoms. The van der Waals surface area contributed by atoms with E-state index in [1.165, 1.54) is 0 Å². The standard InChI is InChI=1S/C23H29ClN2O4S/c1-23(2)17-18-7-5-10-21(22(18)30-23)29-15-6-16-31(27,28)26-13-11-25(12-14-26)20-9-4-3-8-19(20)24/h3-5,7-10H,6,11-17H2,1-2H3. The van der Waals surface area contributed by atoms with Crippen molar-refractivity contribution in [3.8, 4) is 11.5 Å². The molecule has 0 radical (unpaired) electrons. The van der Waals surface area contributed by atoms with Gasteiger partial charge < -0.3 is 14.4 Å². The van der Waals surface area contributed by atoms with Crippen LogP contribution in [0.2, 0.25) is 5.02 Å². The first-order valence-corrected chi connectivity index (χ1v) is 12.6. The molecule has 2 aromatic carbocycles. The summed E-state index contributed by atoms with van der Waals surface area (Å²) in [7, 11) is -3.32. The van der Waals surface area contributed by atoms with Gasteiger partial charge in [-0.25, -0.2) is 8.42 Å². The minimum absolute atomic E-state index is 0.0699. The summed E-state index contributed by atoms with van der Waals surface area (Å²) in [6.07, 6.45) is 1.27. The van der Waals surface area contributed by atoms with Crippen molar-refractivity contribution in [3.05, 3.63) is 53.1 Å². The maximum Gasteiger partial charge on any atom is 0.214 e. The van der Waals surface area contributed by atoms with Crippen molar-refractivity contribution in [1.82, 2.24) is 4.31 Å². The molecular weight excluding hydrogens is 436 g/mol. The van der Waals surface area contributed by atoms with E-state index in [1.54, 1.807) is 4.31 Å². The first-order chi connectivity index (χ1) is 14.8. The Kier molecular flexibility index (Phi) is 6.37. The van der Waals surface area contributed by atoms with Gasteiger partial charge in [0.2, 0.25) is 10.0 Å². The minimum Gasteiger partial charge on any atom is -0.490 e. The Morgan fingerprint density at radius 3 is 2.55 bits per heavy atom. The van der Waals surface area contributed by atoms with Crippen LogP contribution in [0.1, 0.15) is 25.8 Å². The third-order valence-corrected chi connectivity index (χ3v) is 7.96. The van der Waals surface area contributed by atoms with E-state index in [4.69, 9.17) is 21.1 Å². The van der Waals surface area contributed by atoms with Crippen LogP contribution in [0.3, 0.4) is 0 Å². The molecule has 0 bridgehead atoms. The molecule has 6 nitrogen and oxygen atoms in total. The number of hydrogen-bond acceptors (Lipinski definition) is 5. The van der Waals surface area contributed by atoms with E-state index in [-0.39, 0.29) is 11.4 Å². The Morgan fingerprint density at radius 2 is 1.81 bits per heavy atom. The fourth-order valence-corrected chi connectivity index (χ4v) is 5.88. The lowest BCUT2D eigenvalue weighted by atomic mass is 10.0. The maximum absolute atomic E-state index is 12.8. The number of ether oxygens (including phenoxy) is 2. The van der Waals surface area contributed by atoms with E-state index in [9.17, 15) is 8.42 Å². The summed E-state index contributed by atoms with van der Waals surface area (Å²) in [5.74, 6) is 1.54. The number of halogens is 1. The van der Waals surface area contributed by atoms with E-state index in [0.717, 1.165) is 23.4 Å². The van der Waals surface area contributed by atoms with Gasteiger partial charge in [-0.3, -0.25) is 0 Å². The first-order valence-electron chi connectivity index (χ1n) is 10.7. The van der Waals surface area contributed by atoms with Crippen molar-refractivity contribution < 1.29 is 17.9 Å². The van der Waals surface area contributed by atoms with Gasteiger partial charge >= 0.3 is 0 Å². The number of anilines is 1. The number of nitrogens with zero attached hydrogens (tertiary/aromatic N) is 2. The van der Waals surface area contributed by atoms with Crippen molar-refractivity contribution >= 4 is 27.3 Å². The zero-order valence-corrected chi connectivity index (χ0v) is 19.6. The molecule has 1 saturated heterocycles. The fraction of sp³-hybridized carbons (Fsp3) is 0.478. The van der Waals surface area contributed by atoms with Crippen molar-refractivity contribution in [2.24, 2.45) is 0 Å². The zero-order valence-electron chi connectivity index (χ0n) is 18.0. The Morgan fingerprint density at radius 1 is 1.06 bits per heavy atom. The van der Waals surface area contributed by atoms with Gasteiger partial charge in [0.05, 0.1) is 23.1 Å². The quantitative estimate of drug-likeness (QED) is 0.580. The molecule has 2 aliphatic rings. The average molecular weight is 465 g/mol. The van der Waals surface area contributed by atoms with Crippen LogP contribution in [0, 0.1) is 0 Å². The monoisotopic (exact) mass is 464 g/mol. The highest BCUT2D eigenvalue weighted by Crippen LogP contribution is 2.41. The molecule has 0 saturated carbocycles. The Labute approximate surface area is 189 Å². The summed E-state index contributed by atoms with van der Waals surface area (Å²) >= 11 is 6.27. The number of sulfonamides is 1. The molecule has 0 aromatic heterocycles. The molecule has 0 N–H and O–H groups in total. The number of fused-ring (bicyclic) bond motifs is 1. The van der Waals surface area contributed by atoms with Crippen LogP contribution in [-0.2, 0) is 16.4 Å². The van der Waals surface area contributed by atoms with Gasteiger partial charge in [-0.1, -0.05) is 35.9 Å². The average Bonchev–Trinajstić information content (AvgIpc) is 3.06. The van der Waals surface area contributed by atoms with Gasteiger partial charge in [0, 0.05) is 38.2 Å². The molecule has 0 unspecified atom stereocenters. The lowest BCUT2D eigenvalue weighted by Crippen LogP contribution is -2.49. The Bertz CT molecular complexity index is 1030. The van der Waals surface area contributed by atoms with Gasteiger partial charge in [-0.2, -0.15) is 4.31 Å². The maximum atomic E-state index is 12.8. The number of para-hydroxylation sites is 2. The van der Waals surface area contributed by atoms with Gasteiger partial charge in [0.1, 0.15) is 5.60 Å². The van der Waals surface area contributed by atoms with E-state index in [2.05, 4.69) is 18.7 Å². The van der Waals surface area contributed by atoms with Crippen LogP contribution < -0.4 is 14.4 Å². The summed E-state index contributed by atoms with van der Waals surface area (Å²) in [4.78, 5) is 2.13. The zero-order chi connectivity index (χ0) is 22.1. The molecule has 0 spiro atoms. The smallest absolute Gasteiger partial charge is 0.214 e. The highest BCUT2D eigenvalue weighted by molar-refractivity contribution is 7.89. The molecule has 2 aromatic rings. The van der Waals surface area contributed by atoms with Crippen molar-refractivity contribution in [3.63, 3.8) is 0 Å². The predicted molar refractivity (Wildman–Crippen MR) is 124 cm³/mol. The summed E-state index contributed by atoms with van der Waals surface area (Å²) in [5.41, 5.74) is 1.85. The number of rotatable bonds is 7. The third-order valence-electron chi connectivity index (χ3n) is 5.68. The molecular formula is C23H29ClN2O4S. The number of piperazine rings is 1. The highest BCUT2D eigenvalue weighted by Gasteiger charge is 2.32. The topological polar surface area (TPSA) is 59.1 Å². The molecule has 0 aliphatic carbocycles. The molecule has 2 heterocycles. The fourth-order valence-electron chi connectivity index (χ4n) is 4.17. The van der Waals surface area contributed by atoms with Crippen LogP contribution in [-0.4, -0.2) is 56.9 Å². The van der Waals surface area contributed by atoms with E-state index in [0.29, 0.717) is 50.0 Å². The van der Waals surface area contributed by atoms with Crippen molar-refractivity contribution in [2.75, 3.05) is 43.4 Å². The van der Waals surface area contributed by atoms with Crippen LogP contribution in [0.4, 0.5) is 5.69 Å². The molecule has 1 fully saturated rings. The van der Waals surface area contributed by atoms with Crippen molar-refractivity contribution in [2.45, 2.75) is 32.3 Å². The van der Waals surface area contributed by atoms with Crippen LogP contribution in [0.25, 0.3) is 0 Å². The second-order valence-electron chi connectivity index (χ2n) is 8.64. The Hall–Kier alpha value is -1.96. The van der Waals surface area contributed by atoms with Crippen molar-refractivity contribution in [1.29, 1.82) is 0 Å². The predicted octanol–water partition coefficient (Wildman–Crippen LogP) is 3.97. The Balaban J connectivity index is 1.27. The second-order valence-corrected chi connectivity index (χ2v) is 11.1. The lowest BCUT2D eigenvalue weighted by Gasteiger charge is -2.35. The molecule has 168 valence electrons. The molecule has 0 atom stereocenters. The minimum atomic E-state index is -3.32. The normalized spacial score (nSPS) is 18.5. The van der Waals surface area contributed by atoms with Gasteiger partial charge in [0.25, 0.3) is 0 Å². The summed E-state index contributed by atoms with van der Waals surface area (Å²) < 4.78 is 39.0. The SMILES string of the molecule is CC1(C)Cc2cccc(OCCCS(=O)(=O)N3CCN(c4ccccc4Cl)CC3)c2O1.